The summed E-state index contributed by atoms with van der Waals surface area (Å²) in [6.45, 7) is 5.75. The molecule has 124 valence electrons. The summed E-state index contributed by atoms with van der Waals surface area (Å²) in [7, 11) is 0. The first-order valence-corrected chi connectivity index (χ1v) is 8.31. The smallest absolute Gasteiger partial charge is 0.315 e. The largest absolute Gasteiger partial charge is 0.352 e. The van der Waals surface area contributed by atoms with Crippen molar-refractivity contribution in [3.8, 4) is 0 Å². The van der Waals surface area contributed by atoms with E-state index in [0.29, 0.717) is 0 Å². The predicted molar refractivity (Wildman–Crippen MR) is 89.2 cm³/mol. The Kier molecular flexibility index (Phi) is 5.97. The van der Waals surface area contributed by atoms with Gasteiger partial charge in [-0.3, -0.25) is 10.1 Å². The fourth-order valence-electron chi connectivity index (χ4n) is 1.95. The van der Waals surface area contributed by atoms with Gasteiger partial charge in [-0.1, -0.05) is 6.92 Å². The average Bonchev–Trinajstić information content (AvgIpc) is 2.90. The zero-order chi connectivity index (χ0) is 16.8. The van der Waals surface area contributed by atoms with Crippen LogP contribution in [0.3, 0.4) is 0 Å². The van der Waals surface area contributed by atoms with Crippen LogP contribution in [0.2, 0.25) is 0 Å². The van der Waals surface area contributed by atoms with E-state index >= 15 is 0 Å². The highest BCUT2D eigenvalue weighted by molar-refractivity contribution is 7.11. The van der Waals surface area contributed by atoms with Gasteiger partial charge >= 0.3 is 6.08 Å². The number of aromatic nitrogens is 3. The summed E-state index contributed by atoms with van der Waals surface area (Å²) in [5.74, 6) is -0.227. The molecule has 0 aliphatic heterocycles. The molecule has 1 amide bonds. The second kappa shape index (κ2) is 7.96. The second-order valence-corrected chi connectivity index (χ2v) is 6.62. The lowest BCUT2D eigenvalue weighted by Crippen LogP contribution is -2.20. The molecular weight excluding hydrogens is 317 g/mol. The zero-order valence-corrected chi connectivity index (χ0v) is 14.2. The van der Waals surface area contributed by atoms with Crippen LogP contribution in [0.25, 0.3) is 0 Å². The van der Waals surface area contributed by atoms with Gasteiger partial charge in [-0.05, 0) is 38.8 Å². The van der Waals surface area contributed by atoms with Gasteiger partial charge in [0, 0.05) is 22.2 Å². The Morgan fingerprint density at radius 2 is 2.04 bits per heavy atom. The molecular formula is C15H20FN5OS. The van der Waals surface area contributed by atoms with Crippen molar-refractivity contribution < 1.29 is 9.18 Å². The van der Waals surface area contributed by atoms with Crippen LogP contribution in [-0.4, -0.2) is 26.9 Å². The predicted octanol–water partition coefficient (Wildman–Crippen LogP) is 3.16. The van der Waals surface area contributed by atoms with Gasteiger partial charge in [-0.2, -0.15) is 19.3 Å². The normalized spacial score (nSPS) is 12.0. The number of nitrogens with one attached hydrogen (secondary N) is 2. The Morgan fingerprint density at radius 3 is 2.70 bits per heavy atom. The minimum Gasteiger partial charge on any atom is -0.352 e. The summed E-state index contributed by atoms with van der Waals surface area (Å²) in [5.41, 5.74) is 0. The van der Waals surface area contributed by atoms with Crippen molar-refractivity contribution in [3.05, 3.63) is 28.0 Å². The number of hydrogen-bond acceptors (Lipinski definition) is 6. The molecule has 0 bridgehead atoms. The van der Waals surface area contributed by atoms with E-state index in [0.717, 1.165) is 12.8 Å². The van der Waals surface area contributed by atoms with E-state index in [1.54, 1.807) is 18.3 Å². The number of anilines is 2. The third-order valence-electron chi connectivity index (χ3n) is 3.18. The van der Waals surface area contributed by atoms with E-state index in [9.17, 15) is 9.18 Å². The van der Waals surface area contributed by atoms with Gasteiger partial charge in [0.1, 0.15) is 0 Å². The third-order valence-corrected chi connectivity index (χ3v) is 4.24. The van der Waals surface area contributed by atoms with Crippen LogP contribution in [0.1, 0.15) is 36.4 Å². The first-order chi connectivity index (χ1) is 11.0. The molecule has 1 unspecified atom stereocenters. The molecule has 2 N–H and O–H groups in total. The van der Waals surface area contributed by atoms with Gasteiger partial charge in [0.15, 0.2) is 0 Å². The summed E-state index contributed by atoms with van der Waals surface area (Å²) >= 11 is 1.77. The summed E-state index contributed by atoms with van der Waals surface area (Å²) in [4.78, 5) is 25.0. The summed E-state index contributed by atoms with van der Waals surface area (Å²) in [6.07, 6.45) is 1.14. The summed E-state index contributed by atoms with van der Waals surface area (Å²) in [5, 5.41) is 5.47. The zero-order valence-electron chi connectivity index (χ0n) is 13.4. The molecule has 8 heteroatoms. The number of amides is 1. The van der Waals surface area contributed by atoms with Gasteiger partial charge in [0.05, 0.1) is 0 Å². The van der Waals surface area contributed by atoms with Crippen molar-refractivity contribution in [2.75, 3.05) is 10.6 Å². The van der Waals surface area contributed by atoms with E-state index in [1.165, 1.54) is 9.75 Å². The first kappa shape index (κ1) is 17.3. The van der Waals surface area contributed by atoms with Gasteiger partial charge < -0.3 is 5.32 Å². The fourth-order valence-corrected chi connectivity index (χ4v) is 2.86. The van der Waals surface area contributed by atoms with Gasteiger partial charge in [-0.25, -0.2) is 0 Å². The maximum atomic E-state index is 13.4. The molecule has 0 fully saturated rings. The van der Waals surface area contributed by atoms with Crippen LogP contribution in [-0.2, 0) is 11.2 Å². The van der Waals surface area contributed by atoms with E-state index in [-0.39, 0.29) is 30.3 Å². The SMILES string of the molecule is CCC(=O)Nc1nc(F)nc(NC(C)CCc2ccc(C)s2)n1. The van der Waals surface area contributed by atoms with Crippen molar-refractivity contribution in [3.63, 3.8) is 0 Å². The molecule has 23 heavy (non-hydrogen) atoms. The van der Waals surface area contributed by atoms with Gasteiger partial charge in [-0.15, -0.1) is 11.3 Å². The van der Waals surface area contributed by atoms with Crippen LogP contribution in [0.5, 0.6) is 0 Å². The molecule has 6 nitrogen and oxygen atoms in total. The molecule has 0 aliphatic carbocycles. The lowest BCUT2D eigenvalue weighted by atomic mass is 10.1. The molecule has 0 radical (unpaired) electrons. The fraction of sp³-hybridized carbons (Fsp3) is 0.467. The highest BCUT2D eigenvalue weighted by atomic mass is 32.1. The minimum absolute atomic E-state index is 0.0638. The van der Waals surface area contributed by atoms with Crippen molar-refractivity contribution in [1.82, 2.24) is 15.0 Å². The Labute approximate surface area is 138 Å². The van der Waals surface area contributed by atoms with E-state index < -0.39 is 6.08 Å². The lowest BCUT2D eigenvalue weighted by Gasteiger charge is -2.13. The van der Waals surface area contributed by atoms with Crippen LogP contribution in [0, 0.1) is 13.0 Å². The number of carbonyl (C=O) groups excluding carboxylic acids is 1. The quantitative estimate of drug-likeness (QED) is 0.811. The number of halogens is 1. The van der Waals surface area contributed by atoms with E-state index in [4.69, 9.17) is 0 Å². The number of nitrogens with zero attached hydrogens (tertiary/aromatic N) is 3. The van der Waals surface area contributed by atoms with Crippen LogP contribution in [0.15, 0.2) is 12.1 Å². The first-order valence-electron chi connectivity index (χ1n) is 7.49. The topological polar surface area (TPSA) is 79.8 Å². The van der Waals surface area contributed by atoms with Crippen LogP contribution in [0.4, 0.5) is 16.3 Å². The van der Waals surface area contributed by atoms with Crippen molar-refractivity contribution >= 4 is 29.1 Å². The molecule has 1 atom stereocenters. The molecule has 0 aliphatic rings. The molecule has 2 heterocycles. The Bertz CT molecular complexity index is 676. The van der Waals surface area contributed by atoms with Gasteiger partial charge in [0.2, 0.25) is 17.8 Å². The van der Waals surface area contributed by atoms with Crippen LogP contribution < -0.4 is 10.6 Å². The number of aryl methyl sites for hydroxylation is 2. The highest BCUT2D eigenvalue weighted by Gasteiger charge is 2.11. The molecule has 2 aromatic rings. The maximum Gasteiger partial charge on any atom is 0.315 e. The molecule has 2 rings (SSSR count). The number of thiophene rings is 1. The van der Waals surface area contributed by atoms with Crippen LogP contribution >= 0.6 is 11.3 Å². The molecule has 2 aromatic heterocycles. The molecule has 0 saturated carbocycles. The monoisotopic (exact) mass is 337 g/mol. The molecule has 0 saturated heterocycles. The van der Waals surface area contributed by atoms with E-state index in [2.05, 4.69) is 44.6 Å². The minimum atomic E-state index is -0.921. The number of carbonyl (C=O) groups is 1. The average molecular weight is 337 g/mol. The third kappa shape index (κ3) is 5.55. The van der Waals surface area contributed by atoms with Gasteiger partial charge in [0.25, 0.3) is 0 Å². The Balaban J connectivity index is 1.94. The molecule has 0 spiro atoms. The number of hydrogen-bond donors (Lipinski definition) is 2. The van der Waals surface area contributed by atoms with E-state index in [1.807, 2.05) is 6.92 Å². The summed E-state index contributed by atoms with van der Waals surface area (Å²) in [6, 6.07) is 4.28. The molecule has 0 aromatic carbocycles. The number of rotatable bonds is 7. The Hall–Kier alpha value is -2.09. The van der Waals surface area contributed by atoms with Crippen molar-refractivity contribution in [2.24, 2.45) is 0 Å². The second-order valence-electron chi connectivity index (χ2n) is 5.25. The highest BCUT2D eigenvalue weighted by Crippen LogP contribution is 2.18. The van der Waals surface area contributed by atoms with Crippen molar-refractivity contribution in [1.29, 1.82) is 0 Å². The van der Waals surface area contributed by atoms with Crippen molar-refractivity contribution in [2.45, 2.75) is 46.1 Å². The standard InChI is InChI=1S/C15H20FN5OS/c1-4-12(22)18-15-20-13(16)19-14(21-15)17-9(2)5-7-11-8-6-10(3)23-11/h6,8-9H,4-5,7H2,1-3H3,(H2,17,18,19,20,21,22). The maximum absolute atomic E-state index is 13.4. The Morgan fingerprint density at radius 1 is 1.30 bits per heavy atom. The summed E-state index contributed by atoms with van der Waals surface area (Å²) < 4.78 is 13.4. The lowest BCUT2D eigenvalue weighted by molar-refractivity contribution is -0.115.